The fourth-order valence-electron chi connectivity index (χ4n) is 3.72. The van der Waals surface area contributed by atoms with Crippen molar-refractivity contribution in [2.45, 2.75) is 19.4 Å². The molecule has 0 saturated heterocycles. The lowest BCUT2D eigenvalue weighted by Crippen LogP contribution is -2.45. The highest BCUT2D eigenvalue weighted by Crippen LogP contribution is 2.31. The Kier molecular flexibility index (Phi) is 7.17. The molecule has 2 N–H and O–H groups in total. The van der Waals surface area contributed by atoms with Gasteiger partial charge in [0.15, 0.2) is 0 Å². The Labute approximate surface area is 206 Å². The lowest BCUT2D eigenvalue weighted by atomic mass is 10.0. The van der Waals surface area contributed by atoms with Crippen LogP contribution in [0, 0.1) is 6.92 Å². The van der Waals surface area contributed by atoms with Crippen LogP contribution in [-0.4, -0.2) is 25.0 Å². The first-order chi connectivity index (χ1) is 16.9. The van der Waals surface area contributed by atoms with Gasteiger partial charge in [0, 0.05) is 23.1 Å². The topological polar surface area (TPSA) is 97.6 Å². The minimum Gasteiger partial charge on any atom is -0.467 e. The average molecular weight is 491 g/mol. The van der Waals surface area contributed by atoms with Crippen LogP contribution < -0.4 is 21.0 Å². The van der Waals surface area contributed by atoms with Crippen LogP contribution >= 0.6 is 11.6 Å². The first-order valence-corrected chi connectivity index (χ1v) is 11.3. The van der Waals surface area contributed by atoms with Gasteiger partial charge in [-0.1, -0.05) is 65.7 Å². The predicted octanol–water partition coefficient (Wildman–Crippen LogP) is 4.74. The molecule has 0 bridgehead atoms. The standard InChI is InChI=1S/C27H23ClN2O5/c1-16-7-6-10-18(13-16)24(31)30-22(14-17-8-4-3-5-9-17)25(32)29-19-11-12-20-21(15-19)26(33)35-27(34-2)23(20)28/h3-13,15,22H,14H2,1-2H3,(H,29,32)(H,30,31)/t22-/m0/s1. The summed E-state index contributed by atoms with van der Waals surface area (Å²) in [5.41, 5.74) is 2.00. The van der Waals surface area contributed by atoms with E-state index in [1.54, 1.807) is 30.3 Å². The summed E-state index contributed by atoms with van der Waals surface area (Å²) in [6.45, 7) is 1.89. The van der Waals surface area contributed by atoms with E-state index in [2.05, 4.69) is 10.6 Å². The number of hydrogen-bond donors (Lipinski definition) is 2. The number of benzene rings is 3. The number of methoxy groups -OCH3 is 1. The lowest BCUT2D eigenvalue weighted by molar-refractivity contribution is -0.118. The molecule has 0 radical (unpaired) electrons. The third-order valence-electron chi connectivity index (χ3n) is 5.48. The van der Waals surface area contributed by atoms with Crippen LogP contribution in [0.4, 0.5) is 5.69 Å². The van der Waals surface area contributed by atoms with Gasteiger partial charge in [0.05, 0.1) is 12.5 Å². The number of ether oxygens (including phenoxy) is 1. The highest BCUT2D eigenvalue weighted by molar-refractivity contribution is 6.36. The molecule has 35 heavy (non-hydrogen) atoms. The number of fused-ring (bicyclic) bond motifs is 1. The predicted molar refractivity (Wildman–Crippen MR) is 135 cm³/mol. The van der Waals surface area contributed by atoms with Crippen LogP contribution in [0.2, 0.25) is 5.02 Å². The van der Waals surface area contributed by atoms with E-state index < -0.39 is 17.6 Å². The number of halogens is 1. The molecule has 2 amide bonds. The fraction of sp³-hybridized carbons (Fsp3) is 0.148. The number of nitrogens with one attached hydrogen (secondary N) is 2. The summed E-state index contributed by atoms with van der Waals surface area (Å²) < 4.78 is 10.1. The molecule has 7 nitrogen and oxygen atoms in total. The van der Waals surface area contributed by atoms with Crippen molar-refractivity contribution in [2.75, 3.05) is 12.4 Å². The van der Waals surface area contributed by atoms with Gasteiger partial charge in [-0.3, -0.25) is 9.59 Å². The van der Waals surface area contributed by atoms with E-state index in [1.165, 1.54) is 13.2 Å². The Morgan fingerprint density at radius 3 is 2.49 bits per heavy atom. The third-order valence-corrected chi connectivity index (χ3v) is 5.84. The molecule has 4 rings (SSSR count). The molecular formula is C27H23ClN2O5. The molecule has 178 valence electrons. The summed E-state index contributed by atoms with van der Waals surface area (Å²) in [6.07, 6.45) is 0.281. The first-order valence-electron chi connectivity index (χ1n) is 10.9. The van der Waals surface area contributed by atoms with Gasteiger partial charge in [-0.15, -0.1) is 0 Å². The molecule has 3 aromatic carbocycles. The minimum atomic E-state index is -0.864. The molecule has 1 heterocycles. The van der Waals surface area contributed by atoms with Crippen molar-refractivity contribution in [1.29, 1.82) is 0 Å². The van der Waals surface area contributed by atoms with Crippen LogP contribution in [0.3, 0.4) is 0 Å². The summed E-state index contributed by atoms with van der Waals surface area (Å²) in [4.78, 5) is 38.5. The van der Waals surface area contributed by atoms with Gasteiger partial charge >= 0.3 is 11.6 Å². The Bertz CT molecular complexity index is 1450. The lowest BCUT2D eigenvalue weighted by Gasteiger charge is -2.19. The second kappa shape index (κ2) is 10.4. The van der Waals surface area contributed by atoms with Crippen LogP contribution in [0.15, 0.2) is 82.0 Å². The summed E-state index contributed by atoms with van der Waals surface area (Å²) in [6, 6.07) is 20.4. The molecule has 1 atom stereocenters. The summed E-state index contributed by atoms with van der Waals surface area (Å²) >= 11 is 6.25. The highest BCUT2D eigenvalue weighted by atomic mass is 35.5. The van der Waals surface area contributed by atoms with Crippen molar-refractivity contribution in [2.24, 2.45) is 0 Å². The molecular weight excluding hydrogens is 468 g/mol. The van der Waals surface area contributed by atoms with Crippen molar-refractivity contribution < 1.29 is 18.7 Å². The maximum Gasteiger partial charge on any atom is 0.346 e. The van der Waals surface area contributed by atoms with Crippen LogP contribution in [-0.2, 0) is 11.2 Å². The van der Waals surface area contributed by atoms with E-state index >= 15 is 0 Å². The summed E-state index contributed by atoms with van der Waals surface area (Å²) in [5.74, 6) is -0.872. The summed E-state index contributed by atoms with van der Waals surface area (Å²) in [5, 5.41) is 6.41. The normalized spacial score (nSPS) is 11.6. The molecule has 8 heteroatoms. The largest absolute Gasteiger partial charge is 0.467 e. The number of carbonyl (C=O) groups excluding carboxylic acids is 2. The van der Waals surface area contributed by atoms with Crippen molar-refractivity contribution in [3.8, 4) is 5.95 Å². The second-order valence-corrected chi connectivity index (χ2v) is 8.41. The number of carbonyl (C=O) groups is 2. The maximum atomic E-state index is 13.3. The molecule has 0 aliphatic heterocycles. The van der Waals surface area contributed by atoms with E-state index in [9.17, 15) is 14.4 Å². The quantitative estimate of drug-likeness (QED) is 0.390. The van der Waals surface area contributed by atoms with Crippen molar-refractivity contribution in [3.05, 3.63) is 105 Å². The zero-order chi connectivity index (χ0) is 24.9. The Morgan fingerprint density at radius 2 is 1.77 bits per heavy atom. The van der Waals surface area contributed by atoms with E-state index in [-0.39, 0.29) is 28.7 Å². The molecule has 4 aromatic rings. The van der Waals surface area contributed by atoms with E-state index in [0.29, 0.717) is 16.6 Å². The van der Waals surface area contributed by atoms with Gasteiger partial charge in [-0.05, 0) is 36.8 Å². The summed E-state index contributed by atoms with van der Waals surface area (Å²) in [7, 11) is 1.35. The van der Waals surface area contributed by atoms with Gasteiger partial charge in [0.25, 0.3) is 5.91 Å². The number of amides is 2. The molecule has 0 fully saturated rings. The van der Waals surface area contributed by atoms with Crippen molar-refractivity contribution in [1.82, 2.24) is 5.32 Å². The molecule has 0 aliphatic rings. The third kappa shape index (κ3) is 5.53. The number of rotatable bonds is 7. The zero-order valence-corrected chi connectivity index (χ0v) is 19.9. The average Bonchev–Trinajstić information content (AvgIpc) is 2.86. The van der Waals surface area contributed by atoms with Crippen LogP contribution in [0.1, 0.15) is 21.5 Å². The Morgan fingerprint density at radius 1 is 1.00 bits per heavy atom. The zero-order valence-electron chi connectivity index (χ0n) is 19.1. The molecule has 1 aromatic heterocycles. The Balaban J connectivity index is 1.61. The van der Waals surface area contributed by atoms with Gasteiger partial charge in [-0.25, -0.2) is 4.79 Å². The molecule has 0 unspecified atom stereocenters. The SMILES string of the molecule is COc1oc(=O)c2cc(NC(=O)[C@H](Cc3ccccc3)NC(=O)c3cccc(C)c3)ccc2c1Cl. The minimum absolute atomic E-state index is 0.0808. The molecule has 0 spiro atoms. The number of hydrogen-bond acceptors (Lipinski definition) is 5. The van der Waals surface area contributed by atoms with E-state index in [1.807, 2.05) is 43.3 Å². The fourth-order valence-corrected chi connectivity index (χ4v) is 4.00. The Hall–Kier alpha value is -4.10. The second-order valence-electron chi connectivity index (χ2n) is 8.03. The van der Waals surface area contributed by atoms with Crippen LogP contribution in [0.5, 0.6) is 5.95 Å². The maximum absolute atomic E-state index is 13.3. The van der Waals surface area contributed by atoms with Gasteiger partial charge in [0.1, 0.15) is 11.1 Å². The molecule has 0 saturated carbocycles. The smallest absolute Gasteiger partial charge is 0.346 e. The van der Waals surface area contributed by atoms with E-state index in [0.717, 1.165) is 11.1 Å². The van der Waals surface area contributed by atoms with Crippen LogP contribution in [0.25, 0.3) is 10.8 Å². The first kappa shape index (κ1) is 24.0. The van der Waals surface area contributed by atoms with Gasteiger partial charge in [0.2, 0.25) is 5.91 Å². The van der Waals surface area contributed by atoms with Gasteiger partial charge in [-0.2, -0.15) is 0 Å². The highest BCUT2D eigenvalue weighted by Gasteiger charge is 2.23. The molecule has 0 aliphatic carbocycles. The number of aryl methyl sites for hydroxylation is 1. The van der Waals surface area contributed by atoms with Crippen molar-refractivity contribution >= 4 is 39.9 Å². The monoisotopic (exact) mass is 490 g/mol. The van der Waals surface area contributed by atoms with E-state index in [4.69, 9.17) is 20.8 Å². The number of anilines is 1. The van der Waals surface area contributed by atoms with Crippen molar-refractivity contribution in [3.63, 3.8) is 0 Å². The van der Waals surface area contributed by atoms with Gasteiger partial charge < -0.3 is 19.8 Å².